The fourth-order valence-electron chi connectivity index (χ4n) is 5.65. The molecule has 14 nitrogen and oxygen atoms in total. The smallest absolute Gasteiger partial charge is 0.303 e. The zero-order valence-electron chi connectivity index (χ0n) is 27.5. The second-order valence-corrected chi connectivity index (χ2v) is 11.6. The molecule has 2 saturated heterocycles. The van der Waals surface area contributed by atoms with Crippen LogP contribution < -0.4 is 5.32 Å². The van der Waals surface area contributed by atoms with Crippen molar-refractivity contribution in [2.45, 2.75) is 109 Å². The first-order valence-electron chi connectivity index (χ1n) is 15.6. The van der Waals surface area contributed by atoms with Crippen LogP contribution in [-0.4, -0.2) is 96.9 Å². The maximum atomic E-state index is 12.5. The Bertz CT molecular complexity index is 1360. The summed E-state index contributed by atoms with van der Waals surface area (Å²) in [5, 5.41) is 13.9. The molecule has 10 atom stereocenters. The predicted molar refractivity (Wildman–Crippen MR) is 165 cm³/mol. The number of aliphatic hydroxyl groups is 1. The van der Waals surface area contributed by atoms with Crippen LogP contribution in [0, 0.1) is 0 Å². The highest BCUT2D eigenvalue weighted by molar-refractivity contribution is 5.73. The summed E-state index contributed by atoms with van der Waals surface area (Å²) in [7, 11) is 0. The van der Waals surface area contributed by atoms with Gasteiger partial charge >= 0.3 is 17.9 Å². The average Bonchev–Trinajstić information content (AvgIpc) is 3.03. The van der Waals surface area contributed by atoms with Gasteiger partial charge in [-0.15, -0.1) is 0 Å². The molecular formula is C34H43NO13. The highest BCUT2D eigenvalue weighted by Crippen LogP contribution is 2.34. The number of ether oxygens (including phenoxy) is 8. The first kappa shape index (κ1) is 36.9. The fraction of sp³-hybridized carbons (Fsp3) is 0.529. The number of benzene rings is 2. The third-order valence-corrected chi connectivity index (χ3v) is 7.68. The minimum atomic E-state index is -1.57. The highest BCUT2D eigenvalue weighted by Gasteiger charge is 2.54. The highest BCUT2D eigenvalue weighted by atomic mass is 16.7. The maximum absolute atomic E-state index is 12.5. The molecule has 48 heavy (non-hydrogen) atoms. The fourth-order valence-corrected chi connectivity index (χ4v) is 5.65. The van der Waals surface area contributed by atoms with E-state index in [1.54, 1.807) is 6.92 Å². The zero-order valence-corrected chi connectivity index (χ0v) is 27.5. The van der Waals surface area contributed by atoms with E-state index >= 15 is 0 Å². The van der Waals surface area contributed by atoms with E-state index in [-0.39, 0.29) is 13.2 Å². The molecule has 2 aromatic carbocycles. The molecule has 4 rings (SSSR count). The van der Waals surface area contributed by atoms with Crippen LogP contribution in [0.4, 0.5) is 0 Å². The van der Waals surface area contributed by atoms with E-state index < -0.39 is 91.8 Å². The largest absolute Gasteiger partial charge is 0.463 e. The number of esters is 3. The van der Waals surface area contributed by atoms with Gasteiger partial charge in [0.15, 0.2) is 24.8 Å². The summed E-state index contributed by atoms with van der Waals surface area (Å²) in [5.74, 6) is -2.70. The number of amides is 1. The van der Waals surface area contributed by atoms with Crippen LogP contribution in [-0.2, 0) is 70.3 Å². The Morgan fingerprint density at radius 3 is 1.77 bits per heavy atom. The van der Waals surface area contributed by atoms with E-state index in [0.29, 0.717) is 0 Å². The number of carbonyl (C=O) groups excluding carboxylic acids is 4. The van der Waals surface area contributed by atoms with Crippen LogP contribution >= 0.6 is 0 Å². The van der Waals surface area contributed by atoms with E-state index in [9.17, 15) is 24.3 Å². The summed E-state index contributed by atoms with van der Waals surface area (Å²) >= 11 is 0. The van der Waals surface area contributed by atoms with E-state index in [4.69, 9.17) is 37.9 Å². The monoisotopic (exact) mass is 673 g/mol. The molecule has 2 fully saturated rings. The Morgan fingerprint density at radius 2 is 1.25 bits per heavy atom. The van der Waals surface area contributed by atoms with Gasteiger partial charge in [0, 0.05) is 27.7 Å². The summed E-state index contributed by atoms with van der Waals surface area (Å²) in [6.45, 7) is 6.34. The van der Waals surface area contributed by atoms with Gasteiger partial charge in [-0.05, 0) is 18.1 Å². The molecule has 0 radical (unpaired) electrons. The number of hydrogen-bond acceptors (Lipinski definition) is 13. The molecule has 2 aromatic rings. The van der Waals surface area contributed by atoms with Crippen LogP contribution in [0.2, 0.25) is 0 Å². The quantitative estimate of drug-likeness (QED) is 0.233. The van der Waals surface area contributed by atoms with Crippen molar-refractivity contribution < 1.29 is 62.2 Å². The van der Waals surface area contributed by atoms with Crippen molar-refractivity contribution in [1.82, 2.24) is 5.32 Å². The van der Waals surface area contributed by atoms with Gasteiger partial charge in [0.2, 0.25) is 5.91 Å². The second-order valence-electron chi connectivity index (χ2n) is 11.6. The van der Waals surface area contributed by atoms with E-state index in [1.807, 2.05) is 60.7 Å². The lowest BCUT2D eigenvalue weighted by molar-refractivity contribution is -0.354. The molecule has 2 N–H and O–H groups in total. The van der Waals surface area contributed by atoms with Crippen molar-refractivity contribution in [3.8, 4) is 0 Å². The predicted octanol–water partition coefficient (Wildman–Crippen LogP) is 1.94. The van der Waals surface area contributed by atoms with Gasteiger partial charge < -0.3 is 48.3 Å². The first-order chi connectivity index (χ1) is 22.9. The van der Waals surface area contributed by atoms with Crippen molar-refractivity contribution in [2.24, 2.45) is 0 Å². The van der Waals surface area contributed by atoms with Gasteiger partial charge in [-0.1, -0.05) is 60.7 Å². The molecular weight excluding hydrogens is 630 g/mol. The summed E-state index contributed by atoms with van der Waals surface area (Å²) in [6, 6.07) is 17.6. The van der Waals surface area contributed by atoms with Crippen LogP contribution in [0.1, 0.15) is 45.7 Å². The lowest BCUT2D eigenvalue weighted by Crippen LogP contribution is -2.68. The van der Waals surface area contributed by atoms with Crippen LogP contribution in [0.3, 0.4) is 0 Å². The number of hydrogen-bond donors (Lipinski definition) is 2. The molecule has 0 saturated carbocycles. The number of carbonyl (C=O) groups is 4. The van der Waals surface area contributed by atoms with Gasteiger partial charge in [-0.25, -0.2) is 0 Å². The molecule has 262 valence electrons. The molecule has 2 aliphatic heterocycles. The first-order valence-corrected chi connectivity index (χ1v) is 15.6. The third-order valence-electron chi connectivity index (χ3n) is 7.68. The van der Waals surface area contributed by atoms with E-state index in [1.165, 1.54) is 13.8 Å². The van der Waals surface area contributed by atoms with Crippen LogP contribution in [0.25, 0.3) is 0 Å². The third kappa shape index (κ3) is 10.3. The lowest BCUT2D eigenvalue weighted by atomic mass is 9.95. The SMILES string of the molecule is CC(=O)N[C@H]1[C@H](O[C@H]2C(O)O[C@@H](C)[C@H](OCc3ccccc3)[C@H]2OCc2ccccc2)O[C@H](COC(C)=O)[C@@H](OC(C)=O)[C@@H]1OC(C)=O. The van der Waals surface area contributed by atoms with Crippen molar-refractivity contribution in [3.05, 3.63) is 71.8 Å². The van der Waals surface area contributed by atoms with E-state index in [2.05, 4.69) is 5.32 Å². The van der Waals surface area contributed by atoms with Gasteiger partial charge in [-0.2, -0.15) is 0 Å². The Balaban J connectivity index is 1.70. The Hall–Kier alpha value is -3.92. The minimum absolute atomic E-state index is 0.121. The van der Waals surface area contributed by atoms with Crippen molar-refractivity contribution in [1.29, 1.82) is 0 Å². The van der Waals surface area contributed by atoms with Crippen molar-refractivity contribution in [2.75, 3.05) is 6.61 Å². The van der Waals surface area contributed by atoms with Crippen LogP contribution in [0.15, 0.2) is 60.7 Å². The Morgan fingerprint density at radius 1 is 0.708 bits per heavy atom. The molecule has 0 aromatic heterocycles. The Labute approximate surface area is 278 Å². The topological polar surface area (TPSA) is 174 Å². The molecule has 0 bridgehead atoms. The number of aliphatic hydroxyl groups excluding tert-OH is 1. The standard InChI is InChI=1S/C34H43NO13/c1-19-28(42-16-24-12-8-6-9-13-24)31(43-17-25-14-10-7-11-15-25)32(33(40)44-19)48-34-27(35-20(2)36)30(46-23(5)39)29(45-22(4)38)26(47-34)18-41-21(3)37/h6-15,19,26-34,40H,16-18H2,1-5H3,(H,35,36)/t19-,26+,27+,28-,29+,30+,31+,32+,33?,34-/m0/s1. The summed E-state index contributed by atoms with van der Waals surface area (Å²) in [6.07, 6.45) is -10.6. The van der Waals surface area contributed by atoms with Gasteiger partial charge in [0.05, 0.1) is 19.3 Å². The van der Waals surface area contributed by atoms with Gasteiger partial charge in [0.25, 0.3) is 0 Å². The van der Waals surface area contributed by atoms with E-state index in [0.717, 1.165) is 25.0 Å². The zero-order chi connectivity index (χ0) is 34.8. The van der Waals surface area contributed by atoms with Crippen LogP contribution in [0.5, 0.6) is 0 Å². The van der Waals surface area contributed by atoms with Gasteiger partial charge in [0.1, 0.15) is 37.1 Å². The number of nitrogens with one attached hydrogen (secondary N) is 1. The second kappa shape index (κ2) is 17.5. The average molecular weight is 674 g/mol. The molecule has 1 unspecified atom stereocenters. The normalized spacial score (nSPS) is 30.1. The molecule has 14 heteroatoms. The molecule has 0 aliphatic carbocycles. The minimum Gasteiger partial charge on any atom is -0.463 e. The van der Waals surface area contributed by atoms with Gasteiger partial charge in [-0.3, -0.25) is 19.2 Å². The summed E-state index contributed by atoms with van der Waals surface area (Å²) in [5.41, 5.74) is 1.74. The lowest BCUT2D eigenvalue weighted by Gasteiger charge is -2.48. The molecule has 2 aliphatic rings. The van der Waals surface area contributed by atoms with Crippen molar-refractivity contribution in [3.63, 3.8) is 0 Å². The summed E-state index contributed by atoms with van der Waals surface area (Å²) < 4.78 is 47.4. The Kier molecular flexibility index (Phi) is 13.4. The molecule has 0 spiro atoms. The molecule has 1 amide bonds. The summed E-state index contributed by atoms with van der Waals surface area (Å²) in [4.78, 5) is 48.6. The van der Waals surface area contributed by atoms with Crippen molar-refractivity contribution >= 4 is 23.8 Å². The maximum Gasteiger partial charge on any atom is 0.303 e. The number of rotatable bonds is 13. The molecule has 2 heterocycles.